The van der Waals surface area contributed by atoms with Gasteiger partial charge in [0.15, 0.2) is 0 Å². The van der Waals surface area contributed by atoms with Gasteiger partial charge in [0.2, 0.25) is 5.91 Å². The smallest absolute Gasteiger partial charge is 0.228 e. The molecule has 25 heavy (non-hydrogen) atoms. The van der Waals surface area contributed by atoms with E-state index in [-0.39, 0.29) is 5.91 Å². The van der Waals surface area contributed by atoms with Gasteiger partial charge in [-0.2, -0.15) is 0 Å². The Morgan fingerprint density at radius 3 is 2.32 bits per heavy atom. The Labute approximate surface area is 148 Å². The molecule has 3 heteroatoms. The Balaban J connectivity index is 1.62. The van der Waals surface area contributed by atoms with Crippen LogP contribution in [0.5, 0.6) is 11.5 Å². The number of rotatable bonds is 5. The molecule has 1 N–H and O–H groups in total. The fourth-order valence-corrected chi connectivity index (χ4v) is 2.55. The van der Waals surface area contributed by atoms with Gasteiger partial charge in [-0.15, -0.1) is 0 Å². The van der Waals surface area contributed by atoms with Crippen molar-refractivity contribution in [3.05, 3.63) is 89.5 Å². The Morgan fingerprint density at radius 2 is 1.60 bits per heavy atom. The summed E-state index contributed by atoms with van der Waals surface area (Å²) in [6.07, 6.45) is 0.363. The Morgan fingerprint density at radius 1 is 0.880 bits per heavy atom. The van der Waals surface area contributed by atoms with E-state index in [4.69, 9.17) is 4.74 Å². The van der Waals surface area contributed by atoms with Crippen molar-refractivity contribution in [1.29, 1.82) is 0 Å². The largest absolute Gasteiger partial charge is 0.457 e. The van der Waals surface area contributed by atoms with Crippen molar-refractivity contribution in [2.24, 2.45) is 0 Å². The van der Waals surface area contributed by atoms with E-state index >= 15 is 0 Å². The summed E-state index contributed by atoms with van der Waals surface area (Å²) >= 11 is 0. The van der Waals surface area contributed by atoms with Crippen LogP contribution in [0.3, 0.4) is 0 Å². The predicted molar refractivity (Wildman–Crippen MR) is 101 cm³/mol. The molecule has 1 amide bonds. The minimum absolute atomic E-state index is 0.0330. The van der Waals surface area contributed by atoms with Gasteiger partial charge in [-0.1, -0.05) is 42.5 Å². The molecule has 0 radical (unpaired) electrons. The van der Waals surface area contributed by atoms with Crippen LogP contribution >= 0.6 is 0 Å². The van der Waals surface area contributed by atoms with Crippen molar-refractivity contribution in [1.82, 2.24) is 0 Å². The second-order valence-corrected chi connectivity index (χ2v) is 6.04. The molecule has 0 fully saturated rings. The van der Waals surface area contributed by atoms with Crippen molar-refractivity contribution in [3.8, 4) is 11.5 Å². The van der Waals surface area contributed by atoms with Crippen LogP contribution in [0.4, 0.5) is 5.69 Å². The fraction of sp³-hybridized carbons (Fsp3) is 0.136. The summed E-state index contributed by atoms with van der Waals surface area (Å²) in [5, 5.41) is 2.91. The Hall–Kier alpha value is -3.07. The number of nitrogens with one attached hydrogen (secondary N) is 1. The zero-order chi connectivity index (χ0) is 17.6. The van der Waals surface area contributed by atoms with Crippen molar-refractivity contribution in [3.63, 3.8) is 0 Å². The van der Waals surface area contributed by atoms with Gasteiger partial charge in [-0.3, -0.25) is 4.79 Å². The van der Waals surface area contributed by atoms with Crippen molar-refractivity contribution in [2.75, 3.05) is 5.32 Å². The molecule has 0 atom stereocenters. The van der Waals surface area contributed by atoms with Gasteiger partial charge in [0, 0.05) is 5.69 Å². The Kier molecular flexibility index (Phi) is 5.14. The van der Waals surface area contributed by atoms with Gasteiger partial charge in [-0.25, -0.2) is 0 Å². The number of hydrogen-bond acceptors (Lipinski definition) is 2. The SMILES string of the molecule is Cc1cccc(Oc2ccc(NC(=O)Cc3ccccc3)cc2)c1C. The molecular weight excluding hydrogens is 310 g/mol. The maximum atomic E-state index is 12.1. The van der Waals surface area contributed by atoms with Gasteiger partial charge in [-0.05, 0) is 60.9 Å². The van der Waals surface area contributed by atoms with Crippen LogP contribution < -0.4 is 10.1 Å². The molecule has 0 aliphatic rings. The zero-order valence-corrected chi connectivity index (χ0v) is 14.5. The number of benzene rings is 3. The minimum atomic E-state index is -0.0330. The van der Waals surface area contributed by atoms with Crippen LogP contribution in [0.2, 0.25) is 0 Å². The average molecular weight is 331 g/mol. The van der Waals surface area contributed by atoms with Crippen LogP contribution in [0.1, 0.15) is 16.7 Å². The lowest BCUT2D eigenvalue weighted by atomic mass is 10.1. The molecule has 0 aromatic heterocycles. The van der Waals surface area contributed by atoms with Gasteiger partial charge in [0.25, 0.3) is 0 Å². The second kappa shape index (κ2) is 7.67. The number of anilines is 1. The maximum Gasteiger partial charge on any atom is 0.228 e. The molecule has 3 aromatic carbocycles. The first kappa shape index (κ1) is 16.8. The van der Waals surface area contributed by atoms with Gasteiger partial charge in [0.1, 0.15) is 11.5 Å². The third kappa shape index (κ3) is 4.48. The molecule has 0 heterocycles. The summed E-state index contributed by atoms with van der Waals surface area (Å²) in [5.74, 6) is 1.56. The lowest BCUT2D eigenvalue weighted by Crippen LogP contribution is -2.14. The van der Waals surface area contributed by atoms with Gasteiger partial charge in [0.05, 0.1) is 6.42 Å². The molecule has 0 aliphatic carbocycles. The van der Waals surface area contributed by atoms with E-state index in [2.05, 4.69) is 18.3 Å². The van der Waals surface area contributed by atoms with Crippen molar-refractivity contribution < 1.29 is 9.53 Å². The highest BCUT2D eigenvalue weighted by molar-refractivity contribution is 5.92. The van der Waals surface area contributed by atoms with Gasteiger partial charge >= 0.3 is 0 Å². The number of carbonyl (C=O) groups excluding carboxylic acids is 1. The molecule has 3 rings (SSSR count). The molecule has 0 saturated heterocycles. The number of aryl methyl sites for hydroxylation is 1. The predicted octanol–water partition coefficient (Wildman–Crippen LogP) is 5.28. The van der Waals surface area contributed by atoms with Crippen molar-refractivity contribution in [2.45, 2.75) is 20.3 Å². The average Bonchev–Trinajstić information content (AvgIpc) is 2.61. The minimum Gasteiger partial charge on any atom is -0.457 e. The molecule has 3 aromatic rings. The quantitative estimate of drug-likeness (QED) is 0.691. The van der Waals surface area contributed by atoms with Crippen LogP contribution in [-0.2, 0) is 11.2 Å². The molecule has 0 unspecified atom stereocenters. The van der Waals surface area contributed by atoms with Crippen molar-refractivity contribution >= 4 is 11.6 Å². The highest BCUT2D eigenvalue weighted by Crippen LogP contribution is 2.27. The summed E-state index contributed by atoms with van der Waals surface area (Å²) in [7, 11) is 0. The van der Waals surface area contributed by atoms with E-state index in [0.29, 0.717) is 6.42 Å². The number of amides is 1. The fourth-order valence-electron chi connectivity index (χ4n) is 2.55. The van der Waals surface area contributed by atoms with Crippen LogP contribution in [-0.4, -0.2) is 5.91 Å². The topological polar surface area (TPSA) is 38.3 Å². The van der Waals surface area contributed by atoms with Crippen LogP contribution in [0.25, 0.3) is 0 Å². The monoisotopic (exact) mass is 331 g/mol. The summed E-state index contributed by atoms with van der Waals surface area (Å²) < 4.78 is 5.93. The second-order valence-electron chi connectivity index (χ2n) is 6.04. The first-order valence-corrected chi connectivity index (χ1v) is 8.30. The van der Waals surface area contributed by atoms with E-state index in [9.17, 15) is 4.79 Å². The van der Waals surface area contributed by atoms with Crippen LogP contribution in [0.15, 0.2) is 72.8 Å². The van der Waals surface area contributed by atoms with Gasteiger partial charge < -0.3 is 10.1 Å². The molecule has 126 valence electrons. The van der Waals surface area contributed by atoms with E-state index in [1.54, 1.807) is 0 Å². The molecule has 0 bridgehead atoms. The first-order chi connectivity index (χ1) is 12.1. The van der Waals surface area contributed by atoms with E-state index in [1.807, 2.05) is 73.7 Å². The van der Waals surface area contributed by atoms with E-state index in [0.717, 1.165) is 28.3 Å². The Bertz CT molecular complexity index is 855. The number of carbonyl (C=O) groups is 1. The van der Waals surface area contributed by atoms with Crippen LogP contribution in [0, 0.1) is 13.8 Å². The maximum absolute atomic E-state index is 12.1. The lowest BCUT2D eigenvalue weighted by Gasteiger charge is -2.11. The highest BCUT2D eigenvalue weighted by atomic mass is 16.5. The molecule has 0 saturated carbocycles. The number of hydrogen-bond donors (Lipinski definition) is 1. The van der Waals surface area contributed by atoms with E-state index < -0.39 is 0 Å². The molecule has 0 spiro atoms. The zero-order valence-electron chi connectivity index (χ0n) is 14.5. The molecule has 3 nitrogen and oxygen atoms in total. The molecule has 0 aliphatic heterocycles. The summed E-state index contributed by atoms with van der Waals surface area (Å²) in [6.45, 7) is 4.11. The molecular formula is C22H21NO2. The lowest BCUT2D eigenvalue weighted by molar-refractivity contribution is -0.115. The third-order valence-electron chi connectivity index (χ3n) is 4.13. The number of ether oxygens (including phenoxy) is 1. The summed E-state index contributed by atoms with van der Waals surface area (Å²) in [6, 6.07) is 23.1. The normalized spacial score (nSPS) is 10.3. The van der Waals surface area contributed by atoms with E-state index in [1.165, 1.54) is 5.56 Å². The highest BCUT2D eigenvalue weighted by Gasteiger charge is 2.06. The standard InChI is InChI=1S/C22H21NO2/c1-16-7-6-10-21(17(16)2)25-20-13-11-19(12-14-20)23-22(24)15-18-8-4-3-5-9-18/h3-14H,15H2,1-2H3,(H,23,24). The summed E-state index contributed by atoms with van der Waals surface area (Å²) in [4.78, 5) is 12.1. The third-order valence-corrected chi connectivity index (χ3v) is 4.13. The first-order valence-electron chi connectivity index (χ1n) is 8.30. The summed E-state index contributed by atoms with van der Waals surface area (Å²) in [5.41, 5.74) is 4.08.